The van der Waals surface area contributed by atoms with Gasteiger partial charge < -0.3 is 15.2 Å². The molecule has 2 aromatic heterocycles. The van der Waals surface area contributed by atoms with Gasteiger partial charge in [0, 0.05) is 42.7 Å². The van der Waals surface area contributed by atoms with Crippen LogP contribution >= 0.6 is 0 Å². The maximum Gasteiger partial charge on any atom is 0.141 e. The predicted octanol–water partition coefficient (Wildman–Crippen LogP) is 6.12. The van der Waals surface area contributed by atoms with E-state index in [0.717, 1.165) is 69.8 Å². The van der Waals surface area contributed by atoms with E-state index >= 15 is 0 Å². The average Bonchev–Trinajstić information content (AvgIpc) is 3.32. The van der Waals surface area contributed by atoms with Gasteiger partial charge in [0.1, 0.15) is 17.9 Å². The van der Waals surface area contributed by atoms with Crippen molar-refractivity contribution in [2.75, 3.05) is 32.1 Å². The molecule has 1 saturated carbocycles. The number of aliphatic hydroxyl groups excluding tert-OH is 1. The van der Waals surface area contributed by atoms with Crippen molar-refractivity contribution < 1.29 is 9.84 Å². The summed E-state index contributed by atoms with van der Waals surface area (Å²) < 4.78 is 7.38. The molecule has 220 valence electrons. The maximum atomic E-state index is 9.44. The zero-order valence-electron chi connectivity index (χ0n) is 24.6. The molecule has 0 amide bonds. The number of rotatable bonds is 9. The lowest BCUT2D eigenvalue weighted by molar-refractivity contribution is 0.217. The van der Waals surface area contributed by atoms with Crippen molar-refractivity contribution in [2.45, 2.75) is 13.1 Å². The minimum atomic E-state index is 0.346. The molecule has 0 radical (unpaired) electrons. The third kappa shape index (κ3) is 5.06. The summed E-state index contributed by atoms with van der Waals surface area (Å²) in [7, 11) is 1.68. The molecule has 4 aromatic carbocycles. The summed E-state index contributed by atoms with van der Waals surface area (Å²) in [5, 5.41) is 19.6. The van der Waals surface area contributed by atoms with Crippen LogP contribution in [0.3, 0.4) is 0 Å². The number of methoxy groups -OCH3 is 1. The fourth-order valence-electron chi connectivity index (χ4n) is 6.90. The van der Waals surface area contributed by atoms with Crippen molar-refractivity contribution in [1.82, 2.24) is 24.6 Å². The van der Waals surface area contributed by atoms with E-state index in [0.29, 0.717) is 30.9 Å². The summed E-state index contributed by atoms with van der Waals surface area (Å²) in [4.78, 5) is 11.7. The first kappa shape index (κ1) is 26.8. The van der Waals surface area contributed by atoms with Crippen molar-refractivity contribution in [2.24, 2.45) is 17.8 Å². The van der Waals surface area contributed by atoms with Gasteiger partial charge in [-0.15, -0.1) is 0 Å². The topological polar surface area (TPSA) is 88.3 Å². The smallest absolute Gasteiger partial charge is 0.141 e. The van der Waals surface area contributed by atoms with Gasteiger partial charge in [0.2, 0.25) is 0 Å². The molecule has 1 saturated heterocycles. The highest BCUT2D eigenvalue weighted by molar-refractivity contribution is 5.94. The Hall–Kier alpha value is -4.79. The van der Waals surface area contributed by atoms with Crippen LogP contribution < -0.4 is 10.1 Å². The minimum absolute atomic E-state index is 0.346. The second kappa shape index (κ2) is 11.0. The third-order valence-corrected chi connectivity index (χ3v) is 9.36. The number of piperidine rings is 1. The van der Waals surface area contributed by atoms with Crippen LogP contribution in [-0.2, 0) is 13.1 Å². The third-order valence-electron chi connectivity index (χ3n) is 9.36. The van der Waals surface area contributed by atoms with Crippen LogP contribution in [-0.4, -0.2) is 56.6 Å². The first-order valence-corrected chi connectivity index (χ1v) is 15.2. The normalized spacial score (nSPS) is 19.4. The number of benzene rings is 4. The lowest BCUT2D eigenvalue weighted by Gasteiger charge is -2.19. The number of hydrogen-bond donors (Lipinski definition) is 2. The molecule has 1 aliphatic heterocycles. The molecule has 0 bridgehead atoms. The Morgan fingerprint density at radius 1 is 0.864 bits per heavy atom. The van der Waals surface area contributed by atoms with Gasteiger partial charge >= 0.3 is 0 Å². The Morgan fingerprint density at radius 2 is 1.70 bits per heavy atom. The number of anilines is 2. The standard InChI is InChI=1S/C36H34N6O2/c1-44-29-4-2-3-24(13-29)18-42-35-12-10-28(14-27(35)16-39-42)40-36-30-15-26(9-11-34(30)37-22-38-36)25-7-5-23(6-8-25)17-41-19-31-32(20-41)33(31)21-43/h2-16,22,31-33,43H,17-21H2,1H3,(H,37,38,40). The molecular weight excluding hydrogens is 548 g/mol. The van der Waals surface area contributed by atoms with Crippen LogP contribution in [0, 0.1) is 17.8 Å². The molecule has 2 aliphatic rings. The first-order valence-electron chi connectivity index (χ1n) is 15.2. The molecule has 8 rings (SSSR count). The largest absolute Gasteiger partial charge is 0.497 e. The number of aromatic nitrogens is 4. The summed E-state index contributed by atoms with van der Waals surface area (Å²) >= 11 is 0. The molecule has 2 N–H and O–H groups in total. The van der Waals surface area contributed by atoms with Gasteiger partial charge in [-0.1, -0.05) is 42.5 Å². The van der Waals surface area contributed by atoms with Crippen LogP contribution in [0.5, 0.6) is 5.75 Å². The Labute approximate surface area is 256 Å². The number of aliphatic hydroxyl groups is 1. The molecule has 2 unspecified atom stereocenters. The fraction of sp³-hybridized carbons (Fsp3) is 0.250. The zero-order valence-corrected chi connectivity index (χ0v) is 24.6. The van der Waals surface area contributed by atoms with Crippen molar-refractivity contribution in [3.05, 3.63) is 109 Å². The van der Waals surface area contributed by atoms with Crippen molar-refractivity contribution >= 4 is 33.3 Å². The highest BCUT2D eigenvalue weighted by atomic mass is 16.5. The highest BCUT2D eigenvalue weighted by Gasteiger charge is 2.54. The second-order valence-corrected chi connectivity index (χ2v) is 12.1. The maximum absolute atomic E-state index is 9.44. The molecule has 8 heteroatoms. The monoisotopic (exact) mass is 582 g/mol. The number of ether oxygens (including phenoxy) is 1. The number of fused-ring (bicyclic) bond motifs is 3. The van der Waals surface area contributed by atoms with Crippen molar-refractivity contribution in [3.63, 3.8) is 0 Å². The van der Waals surface area contributed by atoms with E-state index in [9.17, 15) is 5.11 Å². The van der Waals surface area contributed by atoms with Gasteiger partial charge in [0.25, 0.3) is 0 Å². The van der Waals surface area contributed by atoms with Crippen LogP contribution in [0.25, 0.3) is 32.9 Å². The van der Waals surface area contributed by atoms with E-state index < -0.39 is 0 Å². The Kier molecular flexibility index (Phi) is 6.73. The van der Waals surface area contributed by atoms with E-state index in [1.165, 1.54) is 11.1 Å². The van der Waals surface area contributed by atoms with Crippen molar-refractivity contribution in [3.8, 4) is 16.9 Å². The van der Waals surface area contributed by atoms with Crippen LogP contribution in [0.15, 0.2) is 97.5 Å². The van der Waals surface area contributed by atoms with E-state index in [4.69, 9.17) is 4.74 Å². The second-order valence-electron chi connectivity index (χ2n) is 12.1. The molecule has 1 aliphatic carbocycles. The summed E-state index contributed by atoms with van der Waals surface area (Å²) in [6, 6.07) is 29.6. The number of nitrogens with zero attached hydrogens (tertiary/aromatic N) is 5. The fourth-order valence-corrected chi connectivity index (χ4v) is 6.90. The molecule has 2 fully saturated rings. The van der Waals surface area contributed by atoms with Crippen LogP contribution in [0.1, 0.15) is 11.1 Å². The highest BCUT2D eigenvalue weighted by Crippen LogP contribution is 2.51. The summed E-state index contributed by atoms with van der Waals surface area (Å²) in [5.41, 5.74) is 7.65. The van der Waals surface area contributed by atoms with E-state index in [-0.39, 0.29) is 0 Å². The van der Waals surface area contributed by atoms with Crippen molar-refractivity contribution in [1.29, 1.82) is 0 Å². The van der Waals surface area contributed by atoms with E-state index in [1.807, 2.05) is 29.1 Å². The first-order chi connectivity index (χ1) is 21.6. The zero-order chi connectivity index (χ0) is 29.6. The van der Waals surface area contributed by atoms with E-state index in [1.54, 1.807) is 13.4 Å². The lowest BCUT2D eigenvalue weighted by atomic mass is 10.0. The van der Waals surface area contributed by atoms with Gasteiger partial charge in [-0.2, -0.15) is 5.10 Å². The van der Waals surface area contributed by atoms with Crippen LogP contribution in [0.4, 0.5) is 11.5 Å². The predicted molar refractivity (Wildman–Crippen MR) is 173 cm³/mol. The molecule has 3 heterocycles. The molecular formula is C36H34N6O2. The molecule has 44 heavy (non-hydrogen) atoms. The number of nitrogens with one attached hydrogen (secondary N) is 1. The van der Waals surface area contributed by atoms with Gasteiger partial charge in [0.15, 0.2) is 0 Å². The van der Waals surface area contributed by atoms with Gasteiger partial charge in [-0.05, 0) is 82.5 Å². The molecule has 0 spiro atoms. The SMILES string of the molecule is COc1cccc(Cn2ncc3cc(Nc4ncnc5ccc(-c6ccc(CN7CC8C(CO)C8C7)cc6)cc45)ccc32)c1. The minimum Gasteiger partial charge on any atom is -0.497 e. The van der Waals surface area contributed by atoms with Crippen LogP contribution in [0.2, 0.25) is 0 Å². The van der Waals surface area contributed by atoms with E-state index in [2.05, 4.69) is 92.0 Å². The molecule has 2 atom stereocenters. The Bertz CT molecular complexity index is 1960. The summed E-state index contributed by atoms with van der Waals surface area (Å²) in [6.45, 7) is 4.19. The molecule has 8 nitrogen and oxygen atoms in total. The number of hydrogen-bond acceptors (Lipinski definition) is 7. The van der Waals surface area contributed by atoms with Gasteiger partial charge in [-0.3, -0.25) is 9.58 Å². The lowest BCUT2D eigenvalue weighted by Crippen LogP contribution is -2.24. The summed E-state index contributed by atoms with van der Waals surface area (Å²) in [6.07, 6.45) is 3.51. The Morgan fingerprint density at radius 3 is 2.52 bits per heavy atom. The Balaban J connectivity index is 0.998. The van der Waals surface area contributed by atoms with Gasteiger partial charge in [0.05, 0.1) is 30.9 Å². The quantitative estimate of drug-likeness (QED) is 0.212. The molecule has 6 aromatic rings. The summed E-state index contributed by atoms with van der Waals surface area (Å²) in [5.74, 6) is 3.56. The number of likely N-dealkylation sites (tertiary alicyclic amines) is 1. The average molecular weight is 583 g/mol. The van der Waals surface area contributed by atoms with Gasteiger partial charge in [-0.25, -0.2) is 9.97 Å².